The molecule has 0 bridgehead atoms. The lowest BCUT2D eigenvalue weighted by Gasteiger charge is -2.21. The SMILES string of the molecule is CCc1ccc2ncc(NC(=O)C(CCc3ccccc3)NC(=O)[C@@H]3C[C@@H](NC(=O)CN)CN3)cc2c1. The molecule has 1 aromatic heterocycles. The molecule has 0 saturated carbocycles. The number of amides is 3. The third-order valence-corrected chi connectivity index (χ3v) is 6.62. The minimum absolute atomic E-state index is 0.0987. The number of hydrogen-bond acceptors (Lipinski definition) is 6. The van der Waals surface area contributed by atoms with E-state index in [1.807, 2.05) is 48.5 Å². The Balaban J connectivity index is 1.45. The minimum atomic E-state index is -0.745. The second-order valence-electron chi connectivity index (χ2n) is 9.34. The van der Waals surface area contributed by atoms with E-state index in [-0.39, 0.29) is 30.3 Å². The first kappa shape index (κ1) is 26.2. The largest absolute Gasteiger partial charge is 0.351 e. The number of carbonyl (C=O) groups excluding carboxylic acids is 3. The van der Waals surface area contributed by atoms with Gasteiger partial charge in [0.1, 0.15) is 6.04 Å². The lowest BCUT2D eigenvalue weighted by molar-refractivity contribution is -0.127. The highest BCUT2D eigenvalue weighted by Gasteiger charge is 2.32. The molecule has 9 nitrogen and oxygen atoms in total. The highest BCUT2D eigenvalue weighted by Crippen LogP contribution is 2.19. The zero-order chi connectivity index (χ0) is 26.2. The summed E-state index contributed by atoms with van der Waals surface area (Å²) in [5.41, 5.74) is 9.08. The average molecular weight is 503 g/mol. The molecule has 1 saturated heterocycles. The van der Waals surface area contributed by atoms with Gasteiger partial charge in [0.2, 0.25) is 17.7 Å². The summed E-state index contributed by atoms with van der Waals surface area (Å²) < 4.78 is 0. The molecule has 0 spiro atoms. The molecule has 0 aliphatic carbocycles. The van der Waals surface area contributed by atoms with E-state index >= 15 is 0 Å². The normalized spacial score (nSPS) is 17.8. The Bertz CT molecular complexity index is 1250. The molecule has 1 fully saturated rings. The van der Waals surface area contributed by atoms with Gasteiger partial charge in [-0.3, -0.25) is 19.4 Å². The van der Waals surface area contributed by atoms with Gasteiger partial charge in [0.05, 0.1) is 30.0 Å². The van der Waals surface area contributed by atoms with Crippen LogP contribution in [-0.2, 0) is 27.2 Å². The van der Waals surface area contributed by atoms with Crippen LogP contribution in [0.5, 0.6) is 0 Å². The Morgan fingerprint density at radius 3 is 2.68 bits per heavy atom. The fraction of sp³-hybridized carbons (Fsp3) is 0.357. The smallest absolute Gasteiger partial charge is 0.247 e. The molecular weight excluding hydrogens is 468 g/mol. The summed E-state index contributed by atoms with van der Waals surface area (Å²) in [6, 6.07) is 16.4. The number of anilines is 1. The van der Waals surface area contributed by atoms with Gasteiger partial charge >= 0.3 is 0 Å². The van der Waals surface area contributed by atoms with Crippen LogP contribution in [-0.4, -0.2) is 53.9 Å². The topological polar surface area (TPSA) is 138 Å². The zero-order valence-electron chi connectivity index (χ0n) is 21.0. The molecule has 194 valence electrons. The van der Waals surface area contributed by atoms with Crippen LogP contribution < -0.4 is 27.0 Å². The average Bonchev–Trinajstić information content (AvgIpc) is 3.39. The quantitative estimate of drug-likeness (QED) is 0.286. The first-order valence-electron chi connectivity index (χ1n) is 12.7. The van der Waals surface area contributed by atoms with Crippen LogP contribution >= 0.6 is 0 Å². The van der Waals surface area contributed by atoms with Crippen molar-refractivity contribution in [3.05, 3.63) is 71.9 Å². The fourth-order valence-electron chi connectivity index (χ4n) is 4.53. The van der Waals surface area contributed by atoms with E-state index < -0.39 is 12.1 Å². The van der Waals surface area contributed by atoms with E-state index in [0.717, 1.165) is 22.9 Å². The Hall–Kier alpha value is -3.82. The monoisotopic (exact) mass is 502 g/mol. The van der Waals surface area contributed by atoms with Gasteiger partial charge in [0.25, 0.3) is 0 Å². The fourth-order valence-corrected chi connectivity index (χ4v) is 4.53. The molecule has 1 aliphatic heterocycles. The Labute approximate surface area is 216 Å². The second-order valence-corrected chi connectivity index (χ2v) is 9.34. The van der Waals surface area contributed by atoms with Gasteiger partial charge in [0.15, 0.2) is 0 Å². The predicted molar refractivity (Wildman–Crippen MR) is 144 cm³/mol. The summed E-state index contributed by atoms with van der Waals surface area (Å²) in [6.45, 7) is 2.46. The summed E-state index contributed by atoms with van der Waals surface area (Å²) in [5, 5.41) is 12.7. The van der Waals surface area contributed by atoms with Crippen molar-refractivity contribution < 1.29 is 14.4 Å². The molecular formula is C28H34N6O3. The standard InChI is InChI=1S/C28H34N6O3/c1-2-18-8-10-23-20(12-18)13-21(16-30-23)33-27(36)24(11-9-19-6-4-3-5-7-19)34-28(37)25-14-22(17-31-25)32-26(35)15-29/h3-8,10,12-13,16,22,24-25,31H,2,9,11,14-15,17,29H2,1H3,(H,32,35)(H,33,36)(H,34,37)/t22-,24?,25+/m1/s1. The Kier molecular flexibility index (Phi) is 8.81. The van der Waals surface area contributed by atoms with Gasteiger partial charge in [-0.2, -0.15) is 0 Å². The number of benzene rings is 2. The van der Waals surface area contributed by atoms with Crippen molar-refractivity contribution in [3.63, 3.8) is 0 Å². The van der Waals surface area contributed by atoms with Crippen LogP contribution in [0.25, 0.3) is 10.9 Å². The molecule has 6 N–H and O–H groups in total. The molecule has 0 radical (unpaired) electrons. The van der Waals surface area contributed by atoms with E-state index in [4.69, 9.17) is 5.73 Å². The van der Waals surface area contributed by atoms with E-state index in [0.29, 0.717) is 31.5 Å². The number of pyridine rings is 1. The van der Waals surface area contributed by atoms with Gasteiger partial charge < -0.3 is 27.0 Å². The maximum absolute atomic E-state index is 13.3. The maximum Gasteiger partial charge on any atom is 0.247 e. The molecule has 1 unspecified atom stereocenters. The molecule has 2 aromatic carbocycles. The molecule has 2 heterocycles. The third-order valence-electron chi connectivity index (χ3n) is 6.62. The molecule has 4 rings (SSSR count). The van der Waals surface area contributed by atoms with Crippen LogP contribution in [0.3, 0.4) is 0 Å². The van der Waals surface area contributed by atoms with Crippen molar-refractivity contribution in [2.24, 2.45) is 5.73 Å². The molecule has 3 amide bonds. The van der Waals surface area contributed by atoms with Gasteiger partial charge in [-0.25, -0.2) is 0 Å². The molecule has 1 aliphatic rings. The molecule has 37 heavy (non-hydrogen) atoms. The van der Waals surface area contributed by atoms with Gasteiger partial charge in [-0.05, 0) is 55.0 Å². The van der Waals surface area contributed by atoms with Crippen molar-refractivity contribution in [1.82, 2.24) is 20.9 Å². The van der Waals surface area contributed by atoms with E-state index in [1.54, 1.807) is 6.20 Å². The molecule has 3 aromatic rings. The summed E-state index contributed by atoms with van der Waals surface area (Å²) in [7, 11) is 0. The van der Waals surface area contributed by atoms with Crippen molar-refractivity contribution >= 4 is 34.3 Å². The van der Waals surface area contributed by atoms with Crippen molar-refractivity contribution in [1.29, 1.82) is 0 Å². The van der Waals surface area contributed by atoms with Crippen molar-refractivity contribution in [2.45, 2.75) is 50.7 Å². The third kappa shape index (κ3) is 7.12. The van der Waals surface area contributed by atoms with Crippen molar-refractivity contribution in [3.8, 4) is 0 Å². The lowest BCUT2D eigenvalue weighted by Crippen LogP contribution is -2.50. The number of aromatic nitrogens is 1. The van der Waals surface area contributed by atoms with Crippen LogP contribution in [0.2, 0.25) is 0 Å². The maximum atomic E-state index is 13.3. The second kappa shape index (κ2) is 12.4. The van der Waals surface area contributed by atoms with E-state index in [1.165, 1.54) is 5.56 Å². The highest BCUT2D eigenvalue weighted by molar-refractivity contribution is 5.99. The summed E-state index contributed by atoms with van der Waals surface area (Å²) in [5.74, 6) is -0.840. The Morgan fingerprint density at radius 2 is 1.92 bits per heavy atom. The van der Waals surface area contributed by atoms with Crippen LogP contribution in [0, 0.1) is 0 Å². The van der Waals surface area contributed by atoms with E-state index in [2.05, 4.69) is 39.2 Å². The van der Waals surface area contributed by atoms with Crippen LogP contribution in [0.15, 0.2) is 60.8 Å². The number of nitrogens with zero attached hydrogens (tertiary/aromatic N) is 1. The van der Waals surface area contributed by atoms with Gasteiger partial charge in [-0.1, -0.05) is 43.3 Å². The lowest BCUT2D eigenvalue weighted by atomic mass is 10.0. The first-order chi connectivity index (χ1) is 17.9. The first-order valence-corrected chi connectivity index (χ1v) is 12.7. The number of aryl methyl sites for hydroxylation is 2. The highest BCUT2D eigenvalue weighted by atomic mass is 16.2. The molecule has 3 atom stereocenters. The number of nitrogens with two attached hydrogens (primary N) is 1. The predicted octanol–water partition coefficient (Wildman–Crippen LogP) is 1.66. The number of carbonyl (C=O) groups is 3. The Morgan fingerprint density at radius 1 is 1.11 bits per heavy atom. The van der Waals surface area contributed by atoms with Crippen LogP contribution in [0.1, 0.15) is 30.9 Å². The summed E-state index contributed by atoms with van der Waals surface area (Å²) >= 11 is 0. The summed E-state index contributed by atoms with van der Waals surface area (Å²) in [6.07, 6.45) is 4.03. The number of rotatable bonds is 10. The summed E-state index contributed by atoms with van der Waals surface area (Å²) in [4.78, 5) is 42.5. The van der Waals surface area contributed by atoms with Gasteiger partial charge in [0, 0.05) is 18.0 Å². The number of nitrogens with one attached hydrogen (secondary N) is 4. The minimum Gasteiger partial charge on any atom is -0.351 e. The number of hydrogen-bond donors (Lipinski definition) is 5. The zero-order valence-corrected chi connectivity index (χ0v) is 21.0. The van der Waals surface area contributed by atoms with E-state index in [9.17, 15) is 14.4 Å². The number of fused-ring (bicyclic) bond motifs is 1. The van der Waals surface area contributed by atoms with Gasteiger partial charge in [-0.15, -0.1) is 0 Å². The van der Waals surface area contributed by atoms with Crippen molar-refractivity contribution in [2.75, 3.05) is 18.4 Å². The van der Waals surface area contributed by atoms with Crippen LogP contribution in [0.4, 0.5) is 5.69 Å². The molecule has 9 heteroatoms.